The summed E-state index contributed by atoms with van der Waals surface area (Å²) in [4.78, 5) is 16.3. The third kappa shape index (κ3) is 3.29. The highest BCUT2D eigenvalue weighted by atomic mass is 16.2. The SMILES string of the molecule is Cc1nc2ccc(NC(=O)NCC(C)(C)C)cn2c1C. The molecule has 5 heteroatoms. The predicted molar refractivity (Wildman–Crippen MR) is 81.1 cm³/mol. The Bertz CT molecular complexity index is 637. The molecule has 0 bridgehead atoms. The van der Waals surface area contributed by atoms with Crippen LogP contribution in [0.15, 0.2) is 18.3 Å². The van der Waals surface area contributed by atoms with Crippen LogP contribution in [-0.2, 0) is 0 Å². The number of nitrogens with one attached hydrogen (secondary N) is 2. The van der Waals surface area contributed by atoms with Gasteiger partial charge in [-0.05, 0) is 31.4 Å². The summed E-state index contributed by atoms with van der Waals surface area (Å²) in [5, 5.41) is 5.71. The van der Waals surface area contributed by atoms with Gasteiger partial charge in [-0.15, -0.1) is 0 Å². The highest BCUT2D eigenvalue weighted by molar-refractivity contribution is 5.89. The number of pyridine rings is 1. The topological polar surface area (TPSA) is 58.4 Å². The van der Waals surface area contributed by atoms with Crippen molar-refractivity contribution < 1.29 is 4.79 Å². The maximum atomic E-state index is 11.8. The Labute approximate surface area is 119 Å². The molecule has 20 heavy (non-hydrogen) atoms. The monoisotopic (exact) mass is 274 g/mol. The zero-order valence-electron chi connectivity index (χ0n) is 12.7. The number of fused-ring (bicyclic) bond motifs is 1. The van der Waals surface area contributed by atoms with E-state index < -0.39 is 0 Å². The van der Waals surface area contributed by atoms with Gasteiger partial charge in [-0.2, -0.15) is 0 Å². The second kappa shape index (κ2) is 5.15. The number of urea groups is 1. The van der Waals surface area contributed by atoms with E-state index >= 15 is 0 Å². The number of anilines is 1. The Hall–Kier alpha value is -2.04. The van der Waals surface area contributed by atoms with Crippen LogP contribution in [0.5, 0.6) is 0 Å². The molecule has 0 aliphatic heterocycles. The molecule has 2 amide bonds. The van der Waals surface area contributed by atoms with Crippen molar-refractivity contribution in [1.29, 1.82) is 0 Å². The number of aromatic nitrogens is 2. The summed E-state index contributed by atoms with van der Waals surface area (Å²) in [6, 6.07) is 3.57. The minimum atomic E-state index is -0.186. The van der Waals surface area contributed by atoms with Crippen LogP contribution in [-0.4, -0.2) is 22.0 Å². The lowest BCUT2D eigenvalue weighted by atomic mass is 9.97. The summed E-state index contributed by atoms with van der Waals surface area (Å²) in [5.74, 6) is 0. The highest BCUT2D eigenvalue weighted by Gasteiger charge is 2.12. The highest BCUT2D eigenvalue weighted by Crippen LogP contribution is 2.15. The summed E-state index contributed by atoms with van der Waals surface area (Å²) in [7, 11) is 0. The van der Waals surface area contributed by atoms with Crippen LogP contribution in [0.3, 0.4) is 0 Å². The quantitative estimate of drug-likeness (QED) is 0.884. The fourth-order valence-corrected chi connectivity index (χ4v) is 1.87. The maximum absolute atomic E-state index is 11.8. The summed E-state index contributed by atoms with van der Waals surface area (Å²) in [5.41, 5.74) is 3.79. The Morgan fingerprint density at radius 3 is 2.65 bits per heavy atom. The Morgan fingerprint density at radius 2 is 2.00 bits per heavy atom. The zero-order chi connectivity index (χ0) is 14.9. The van der Waals surface area contributed by atoms with Crippen LogP contribution < -0.4 is 10.6 Å². The molecule has 0 fully saturated rings. The van der Waals surface area contributed by atoms with Gasteiger partial charge in [-0.1, -0.05) is 20.8 Å². The number of rotatable bonds is 2. The molecule has 0 unspecified atom stereocenters. The average Bonchev–Trinajstić information content (AvgIpc) is 2.63. The van der Waals surface area contributed by atoms with Gasteiger partial charge in [-0.3, -0.25) is 0 Å². The van der Waals surface area contributed by atoms with Crippen LogP contribution in [0, 0.1) is 19.3 Å². The van der Waals surface area contributed by atoms with Crippen LogP contribution in [0.1, 0.15) is 32.2 Å². The second-order valence-electron chi connectivity index (χ2n) is 6.30. The number of hydrogen-bond donors (Lipinski definition) is 2. The third-order valence-electron chi connectivity index (χ3n) is 3.13. The number of nitrogens with zero attached hydrogens (tertiary/aromatic N) is 2. The molecule has 2 heterocycles. The molecular formula is C15H22N4O. The zero-order valence-corrected chi connectivity index (χ0v) is 12.7. The standard InChI is InChI=1S/C15H22N4O/c1-10-11(2)19-8-12(6-7-13(19)17-10)18-14(20)16-9-15(3,4)5/h6-8H,9H2,1-5H3,(H2,16,18,20). The van der Waals surface area contributed by atoms with Crippen LogP contribution in [0.4, 0.5) is 10.5 Å². The molecule has 0 spiro atoms. The molecule has 5 nitrogen and oxygen atoms in total. The largest absolute Gasteiger partial charge is 0.337 e. The van der Waals surface area contributed by atoms with Gasteiger partial charge >= 0.3 is 6.03 Å². The van der Waals surface area contributed by atoms with Gasteiger partial charge in [-0.25, -0.2) is 9.78 Å². The van der Waals surface area contributed by atoms with Gasteiger partial charge in [0, 0.05) is 18.4 Å². The Morgan fingerprint density at radius 1 is 1.30 bits per heavy atom. The molecular weight excluding hydrogens is 252 g/mol. The molecule has 0 aliphatic carbocycles. The minimum Gasteiger partial charge on any atom is -0.337 e. The first-order valence-electron chi connectivity index (χ1n) is 6.76. The number of hydrogen-bond acceptors (Lipinski definition) is 2. The number of imidazole rings is 1. The van der Waals surface area contributed by atoms with Crippen molar-refractivity contribution in [2.75, 3.05) is 11.9 Å². The average molecular weight is 274 g/mol. The van der Waals surface area contributed by atoms with Crippen LogP contribution in [0.25, 0.3) is 5.65 Å². The van der Waals surface area contributed by atoms with Crippen molar-refractivity contribution in [3.05, 3.63) is 29.7 Å². The molecule has 2 aromatic rings. The van der Waals surface area contributed by atoms with Crippen molar-refractivity contribution >= 4 is 17.4 Å². The Balaban J connectivity index is 2.10. The van der Waals surface area contributed by atoms with Crippen molar-refractivity contribution in [2.24, 2.45) is 5.41 Å². The number of aryl methyl sites for hydroxylation is 2. The van der Waals surface area contributed by atoms with Crippen molar-refractivity contribution in [3.63, 3.8) is 0 Å². The molecule has 0 saturated carbocycles. The van der Waals surface area contributed by atoms with E-state index in [-0.39, 0.29) is 11.4 Å². The van der Waals surface area contributed by atoms with Crippen molar-refractivity contribution in [2.45, 2.75) is 34.6 Å². The van der Waals surface area contributed by atoms with E-state index in [1.54, 1.807) is 0 Å². The summed E-state index contributed by atoms with van der Waals surface area (Å²) >= 11 is 0. The van der Waals surface area contributed by atoms with E-state index in [0.717, 1.165) is 22.7 Å². The first-order valence-corrected chi connectivity index (χ1v) is 6.76. The number of amides is 2. The lowest BCUT2D eigenvalue weighted by Gasteiger charge is -2.18. The molecule has 2 rings (SSSR count). The maximum Gasteiger partial charge on any atom is 0.319 e. The summed E-state index contributed by atoms with van der Waals surface area (Å²) in [6.07, 6.45) is 1.89. The normalized spacial score (nSPS) is 11.7. The molecule has 2 aromatic heterocycles. The van der Waals surface area contributed by atoms with Gasteiger partial charge in [0.15, 0.2) is 0 Å². The second-order valence-corrected chi connectivity index (χ2v) is 6.30. The fraction of sp³-hybridized carbons (Fsp3) is 0.467. The van der Waals surface area contributed by atoms with Gasteiger partial charge in [0.25, 0.3) is 0 Å². The van der Waals surface area contributed by atoms with Gasteiger partial charge in [0.05, 0.1) is 11.4 Å². The van der Waals surface area contributed by atoms with E-state index in [9.17, 15) is 4.79 Å². The van der Waals surface area contributed by atoms with Crippen molar-refractivity contribution in [1.82, 2.24) is 14.7 Å². The van der Waals surface area contributed by atoms with E-state index in [2.05, 4.69) is 36.4 Å². The van der Waals surface area contributed by atoms with E-state index in [1.807, 2.05) is 36.6 Å². The van der Waals surface area contributed by atoms with Crippen LogP contribution >= 0.6 is 0 Å². The lowest BCUT2D eigenvalue weighted by Crippen LogP contribution is -2.35. The molecule has 0 aromatic carbocycles. The first-order chi connectivity index (χ1) is 9.26. The summed E-state index contributed by atoms with van der Waals surface area (Å²) < 4.78 is 1.98. The molecule has 0 saturated heterocycles. The lowest BCUT2D eigenvalue weighted by molar-refractivity contribution is 0.247. The van der Waals surface area contributed by atoms with Crippen molar-refractivity contribution in [3.8, 4) is 0 Å². The number of carbonyl (C=O) groups is 1. The van der Waals surface area contributed by atoms with E-state index in [0.29, 0.717) is 6.54 Å². The van der Waals surface area contributed by atoms with Gasteiger partial charge in [0.1, 0.15) is 5.65 Å². The summed E-state index contributed by atoms with van der Waals surface area (Å²) in [6.45, 7) is 10.9. The van der Waals surface area contributed by atoms with Gasteiger partial charge < -0.3 is 15.0 Å². The minimum absolute atomic E-state index is 0.0688. The smallest absolute Gasteiger partial charge is 0.319 e. The van der Waals surface area contributed by atoms with E-state index in [4.69, 9.17) is 0 Å². The molecule has 108 valence electrons. The molecule has 0 radical (unpaired) electrons. The Kier molecular flexibility index (Phi) is 3.70. The fourth-order valence-electron chi connectivity index (χ4n) is 1.87. The molecule has 2 N–H and O–H groups in total. The number of carbonyl (C=O) groups excluding carboxylic acids is 1. The first kappa shape index (κ1) is 14.4. The third-order valence-corrected chi connectivity index (χ3v) is 3.13. The van der Waals surface area contributed by atoms with Gasteiger partial charge in [0.2, 0.25) is 0 Å². The van der Waals surface area contributed by atoms with Crippen LogP contribution in [0.2, 0.25) is 0 Å². The predicted octanol–water partition coefficient (Wildman–Crippen LogP) is 3.12. The molecule has 0 aliphatic rings. The molecule has 0 atom stereocenters. The van der Waals surface area contributed by atoms with E-state index in [1.165, 1.54) is 0 Å².